The Morgan fingerprint density at radius 2 is 2.16 bits per heavy atom. The average molecular weight is 261 g/mol. The maximum absolute atomic E-state index is 12.4. The van der Waals surface area contributed by atoms with Crippen molar-refractivity contribution in [1.82, 2.24) is 9.88 Å². The predicted octanol–water partition coefficient (Wildman–Crippen LogP) is 1.87. The molecule has 4 heteroatoms. The lowest BCUT2D eigenvalue weighted by atomic mass is 9.84. The molecule has 0 spiro atoms. The van der Waals surface area contributed by atoms with Crippen LogP contribution in [0, 0.1) is 12.8 Å². The summed E-state index contributed by atoms with van der Waals surface area (Å²) in [5.41, 5.74) is 7.98. The number of nitrogens with zero attached hydrogens (tertiary/aromatic N) is 2. The minimum absolute atomic E-state index is 0.0106. The van der Waals surface area contributed by atoms with E-state index in [1.807, 2.05) is 32.2 Å². The first kappa shape index (κ1) is 14.0. The summed E-state index contributed by atoms with van der Waals surface area (Å²) in [7, 11) is 1.84. The number of carbonyl (C=O) groups is 1. The van der Waals surface area contributed by atoms with Gasteiger partial charge in [-0.1, -0.05) is 18.9 Å². The van der Waals surface area contributed by atoms with Crippen LogP contribution in [0.3, 0.4) is 0 Å². The van der Waals surface area contributed by atoms with E-state index in [2.05, 4.69) is 4.98 Å². The molecule has 0 aromatic carbocycles. The van der Waals surface area contributed by atoms with Crippen LogP contribution in [0.2, 0.25) is 0 Å². The molecule has 2 rings (SSSR count). The van der Waals surface area contributed by atoms with Crippen molar-refractivity contribution in [1.29, 1.82) is 0 Å². The molecular weight excluding hydrogens is 238 g/mol. The highest BCUT2D eigenvalue weighted by Gasteiger charge is 2.30. The van der Waals surface area contributed by atoms with Crippen LogP contribution in [-0.4, -0.2) is 28.9 Å². The summed E-state index contributed by atoms with van der Waals surface area (Å²) in [4.78, 5) is 18.6. The molecule has 2 atom stereocenters. The highest BCUT2D eigenvalue weighted by Crippen LogP contribution is 2.24. The fourth-order valence-electron chi connectivity index (χ4n) is 2.76. The Bertz CT molecular complexity index is 447. The molecule has 0 saturated heterocycles. The number of hydrogen-bond acceptors (Lipinski definition) is 3. The Morgan fingerprint density at radius 3 is 2.84 bits per heavy atom. The quantitative estimate of drug-likeness (QED) is 0.903. The lowest BCUT2D eigenvalue weighted by Crippen LogP contribution is -2.44. The normalized spacial score (nSPS) is 23.1. The molecule has 1 fully saturated rings. The third kappa shape index (κ3) is 3.53. The minimum atomic E-state index is -0.0106. The van der Waals surface area contributed by atoms with Crippen molar-refractivity contribution < 1.29 is 4.79 Å². The first-order valence-electron chi connectivity index (χ1n) is 7.01. The topological polar surface area (TPSA) is 59.2 Å². The summed E-state index contributed by atoms with van der Waals surface area (Å²) in [6.07, 6.45) is 4.15. The standard InChI is InChI=1S/C15H23N3O/c1-11-6-5-7-12(17-11)10-18(2)15(19)13-8-3-4-9-14(13)16/h5-7,13-14H,3-4,8-10,16H2,1-2H3. The van der Waals surface area contributed by atoms with E-state index in [0.29, 0.717) is 6.54 Å². The van der Waals surface area contributed by atoms with Crippen LogP contribution >= 0.6 is 0 Å². The van der Waals surface area contributed by atoms with E-state index >= 15 is 0 Å². The summed E-state index contributed by atoms with van der Waals surface area (Å²) in [6.45, 7) is 2.52. The summed E-state index contributed by atoms with van der Waals surface area (Å²) >= 11 is 0. The number of hydrogen-bond donors (Lipinski definition) is 1. The van der Waals surface area contributed by atoms with E-state index in [-0.39, 0.29) is 17.9 Å². The van der Waals surface area contributed by atoms with Gasteiger partial charge in [0.2, 0.25) is 5.91 Å². The van der Waals surface area contributed by atoms with Crippen LogP contribution in [0.5, 0.6) is 0 Å². The van der Waals surface area contributed by atoms with Gasteiger partial charge in [0.15, 0.2) is 0 Å². The van der Waals surface area contributed by atoms with Gasteiger partial charge in [0.1, 0.15) is 0 Å². The van der Waals surface area contributed by atoms with Gasteiger partial charge in [0.05, 0.1) is 18.2 Å². The van der Waals surface area contributed by atoms with E-state index in [0.717, 1.165) is 37.1 Å². The van der Waals surface area contributed by atoms with Crippen LogP contribution in [0.4, 0.5) is 0 Å². The van der Waals surface area contributed by atoms with Crippen LogP contribution in [0.1, 0.15) is 37.1 Å². The molecular formula is C15H23N3O. The first-order chi connectivity index (χ1) is 9.08. The second kappa shape index (κ2) is 6.15. The maximum Gasteiger partial charge on any atom is 0.227 e. The Hall–Kier alpha value is -1.42. The van der Waals surface area contributed by atoms with E-state index in [1.165, 1.54) is 0 Å². The van der Waals surface area contributed by atoms with Crippen LogP contribution < -0.4 is 5.73 Å². The number of rotatable bonds is 3. The molecule has 19 heavy (non-hydrogen) atoms. The molecule has 1 aliphatic carbocycles. The van der Waals surface area contributed by atoms with Crippen molar-refractivity contribution in [2.24, 2.45) is 11.7 Å². The van der Waals surface area contributed by atoms with Crippen LogP contribution in [0.15, 0.2) is 18.2 Å². The highest BCUT2D eigenvalue weighted by atomic mass is 16.2. The number of aryl methyl sites for hydroxylation is 1. The third-order valence-corrected chi connectivity index (χ3v) is 3.86. The molecule has 4 nitrogen and oxygen atoms in total. The Morgan fingerprint density at radius 1 is 1.42 bits per heavy atom. The summed E-state index contributed by atoms with van der Waals surface area (Å²) in [5.74, 6) is 0.152. The average Bonchev–Trinajstić information content (AvgIpc) is 2.38. The number of nitrogens with two attached hydrogens (primary N) is 1. The fourth-order valence-corrected chi connectivity index (χ4v) is 2.76. The molecule has 1 aliphatic rings. The summed E-state index contributed by atoms with van der Waals surface area (Å²) < 4.78 is 0. The zero-order valence-electron chi connectivity index (χ0n) is 11.8. The molecule has 1 amide bonds. The largest absolute Gasteiger partial charge is 0.340 e. The molecule has 1 aromatic rings. The van der Waals surface area contributed by atoms with Crippen LogP contribution in [-0.2, 0) is 11.3 Å². The molecule has 1 heterocycles. The molecule has 1 aromatic heterocycles. The number of carbonyl (C=O) groups excluding carboxylic acids is 1. The summed E-state index contributed by atoms with van der Waals surface area (Å²) in [6, 6.07) is 5.91. The van der Waals surface area contributed by atoms with Gasteiger partial charge in [0, 0.05) is 18.8 Å². The Balaban J connectivity index is 1.99. The minimum Gasteiger partial charge on any atom is -0.340 e. The molecule has 0 radical (unpaired) electrons. The second-order valence-electron chi connectivity index (χ2n) is 5.52. The smallest absolute Gasteiger partial charge is 0.227 e. The monoisotopic (exact) mass is 261 g/mol. The van der Waals surface area contributed by atoms with E-state index in [1.54, 1.807) is 4.90 Å². The molecule has 104 valence electrons. The molecule has 0 bridgehead atoms. The zero-order chi connectivity index (χ0) is 13.8. The molecule has 1 saturated carbocycles. The lowest BCUT2D eigenvalue weighted by molar-refractivity contribution is -0.136. The van der Waals surface area contributed by atoms with Gasteiger partial charge in [-0.05, 0) is 31.9 Å². The van der Waals surface area contributed by atoms with Gasteiger partial charge in [-0.2, -0.15) is 0 Å². The van der Waals surface area contributed by atoms with E-state index in [4.69, 9.17) is 5.73 Å². The maximum atomic E-state index is 12.4. The number of aromatic nitrogens is 1. The van der Waals surface area contributed by atoms with Crippen molar-refractivity contribution in [3.05, 3.63) is 29.6 Å². The van der Waals surface area contributed by atoms with Crippen molar-refractivity contribution in [2.45, 2.75) is 45.2 Å². The van der Waals surface area contributed by atoms with Gasteiger partial charge in [-0.3, -0.25) is 9.78 Å². The lowest BCUT2D eigenvalue weighted by Gasteiger charge is -2.31. The van der Waals surface area contributed by atoms with Crippen molar-refractivity contribution in [3.63, 3.8) is 0 Å². The first-order valence-corrected chi connectivity index (χ1v) is 7.01. The zero-order valence-corrected chi connectivity index (χ0v) is 11.8. The van der Waals surface area contributed by atoms with Gasteiger partial charge in [-0.15, -0.1) is 0 Å². The second-order valence-corrected chi connectivity index (χ2v) is 5.52. The van der Waals surface area contributed by atoms with Crippen LogP contribution in [0.25, 0.3) is 0 Å². The van der Waals surface area contributed by atoms with Gasteiger partial charge in [0.25, 0.3) is 0 Å². The molecule has 0 aliphatic heterocycles. The Labute approximate surface area is 115 Å². The SMILES string of the molecule is Cc1cccc(CN(C)C(=O)C2CCCCC2N)n1. The highest BCUT2D eigenvalue weighted by molar-refractivity contribution is 5.79. The Kier molecular flexibility index (Phi) is 4.53. The predicted molar refractivity (Wildman–Crippen MR) is 75.4 cm³/mol. The molecule has 2 N–H and O–H groups in total. The van der Waals surface area contributed by atoms with Gasteiger partial charge < -0.3 is 10.6 Å². The summed E-state index contributed by atoms with van der Waals surface area (Å²) in [5, 5.41) is 0. The number of amides is 1. The molecule has 2 unspecified atom stereocenters. The third-order valence-electron chi connectivity index (χ3n) is 3.86. The van der Waals surface area contributed by atoms with E-state index < -0.39 is 0 Å². The van der Waals surface area contributed by atoms with Gasteiger partial charge in [-0.25, -0.2) is 0 Å². The van der Waals surface area contributed by atoms with Crippen molar-refractivity contribution in [2.75, 3.05) is 7.05 Å². The van der Waals surface area contributed by atoms with Gasteiger partial charge >= 0.3 is 0 Å². The van der Waals surface area contributed by atoms with Crippen molar-refractivity contribution >= 4 is 5.91 Å². The van der Waals surface area contributed by atoms with E-state index in [9.17, 15) is 4.79 Å². The number of pyridine rings is 1. The van der Waals surface area contributed by atoms with Crippen molar-refractivity contribution in [3.8, 4) is 0 Å². The fraction of sp³-hybridized carbons (Fsp3) is 0.600.